The SMILES string of the molecule is CC(C(=O)c1ccccc1)C(F)(F)C(F)(F)C(=O)C(F)(F)F. The van der Waals surface area contributed by atoms with Crippen LogP contribution in [0.4, 0.5) is 30.7 Å². The van der Waals surface area contributed by atoms with Gasteiger partial charge in [0.15, 0.2) is 5.78 Å². The zero-order valence-electron chi connectivity index (χ0n) is 10.9. The van der Waals surface area contributed by atoms with E-state index in [1.54, 1.807) is 0 Å². The Morgan fingerprint density at radius 1 is 0.909 bits per heavy atom. The molecule has 1 aromatic carbocycles. The molecule has 9 heteroatoms. The van der Waals surface area contributed by atoms with E-state index in [1.807, 2.05) is 0 Å². The monoisotopic (exact) mass is 330 g/mol. The Balaban J connectivity index is 3.17. The summed E-state index contributed by atoms with van der Waals surface area (Å²) in [5.41, 5.74) is -0.384. The summed E-state index contributed by atoms with van der Waals surface area (Å²) >= 11 is 0. The van der Waals surface area contributed by atoms with E-state index in [4.69, 9.17) is 0 Å². The molecule has 1 atom stereocenters. The van der Waals surface area contributed by atoms with E-state index in [1.165, 1.54) is 18.2 Å². The van der Waals surface area contributed by atoms with Gasteiger partial charge in [0.05, 0.1) is 5.92 Å². The molecule has 0 saturated carbocycles. The fourth-order valence-electron chi connectivity index (χ4n) is 1.62. The largest absolute Gasteiger partial charge is 0.456 e. The summed E-state index contributed by atoms with van der Waals surface area (Å²) in [6.45, 7) is 0.340. The molecule has 0 spiro atoms. The number of hydrogen-bond acceptors (Lipinski definition) is 2. The molecule has 1 unspecified atom stereocenters. The molecule has 0 bridgehead atoms. The molecule has 0 amide bonds. The highest BCUT2D eigenvalue weighted by molar-refractivity contribution is 5.99. The van der Waals surface area contributed by atoms with Gasteiger partial charge in [-0.15, -0.1) is 0 Å². The second-order valence-electron chi connectivity index (χ2n) is 4.48. The van der Waals surface area contributed by atoms with Crippen molar-refractivity contribution in [2.45, 2.75) is 24.9 Å². The van der Waals surface area contributed by atoms with E-state index in [-0.39, 0.29) is 5.56 Å². The summed E-state index contributed by atoms with van der Waals surface area (Å²) in [5, 5.41) is 0. The molecule has 1 rings (SSSR count). The highest BCUT2D eigenvalue weighted by atomic mass is 19.4. The van der Waals surface area contributed by atoms with Crippen molar-refractivity contribution in [2.24, 2.45) is 5.92 Å². The molecule has 0 fully saturated rings. The van der Waals surface area contributed by atoms with Gasteiger partial charge >= 0.3 is 23.8 Å². The van der Waals surface area contributed by atoms with Gasteiger partial charge in [-0.05, 0) is 6.92 Å². The van der Waals surface area contributed by atoms with Crippen molar-refractivity contribution in [3.05, 3.63) is 35.9 Å². The van der Waals surface area contributed by atoms with E-state index >= 15 is 0 Å². The number of rotatable bonds is 5. The first-order chi connectivity index (χ1) is 9.83. The lowest BCUT2D eigenvalue weighted by atomic mass is 9.88. The molecule has 0 saturated heterocycles. The van der Waals surface area contributed by atoms with Crippen molar-refractivity contribution in [2.75, 3.05) is 0 Å². The lowest BCUT2D eigenvalue weighted by Gasteiger charge is -2.29. The number of benzene rings is 1. The van der Waals surface area contributed by atoms with Crippen LogP contribution in [-0.4, -0.2) is 29.6 Å². The van der Waals surface area contributed by atoms with Gasteiger partial charge in [0.1, 0.15) is 0 Å². The van der Waals surface area contributed by atoms with Gasteiger partial charge in [-0.1, -0.05) is 30.3 Å². The second-order valence-corrected chi connectivity index (χ2v) is 4.48. The zero-order chi connectivity index (χ0) is 17.3. The molecule has 2 nitrogen and oxygen atoms in total. The Kier molecular flexibility index (Phi) is 4.69. The topological polar surface area (TPSA) is 34.1 Å². The molecule has 1 aromatic rings. The van der Waals surface area contributed by atoms with Crippen LogP contribution in [0.3, 0.4) is 0 Å². The summed E-state index contributed by atoms with van der Waals surface area (Å²) < 4.78 is 89.8. The average molecular weight is 330 g/mol. The maximum absolute atomic E-state index is 13.6. The highest BCUT2D eigenvalue weighted by Crippen LogP contribution is 2.44. The van der Waals surface area contributed by atoms with Crippen LogP contribution < -0.4 is 0 Å². The van der Waals surface area contributed by atoms with Crippen LogP contribution in [0, 0.1) is 5.92 Å². The smallest absolute Gasteiger partial charge is 0.294 e. The van der Waals surface area contributed by atoms with Gasteiger partial charge in [-0.2, -0.15) is 30.7 Å². The van der Waals surface area contributed by atoms with Crippen molar-refractivity contribution in [3.63, 3.8) is 0 Å². The molecule has 0 heterocycles. The Hall–Kier alpha value is -1.93. The first-order valence-electron chi connectivity index (χ1n) is 5.80. The molecule has 0 aliphatic heterocycles. The number of halogens is 7. The van der Waals surface area contributed by atoms with Crippen LogP contribution in [0.15, 0.2) is 30.3 Å². The summed E-state index contributed by atoms with van der Waals surface area (Å²) in [5.74, 6) is -19.8. The van der Waals surface area contributed by atoms with Crippen LogP contribution >= 0.6 is 0 Å². The second kappa shape index (κ2) is 5.69. The predicted molar refractivity (Wildman–Crippen MR) is 60.9 cm³/mol. The van der Waals surface area contributed by atoms with Crippen LogP contribution in [0.1, 0.15) is 17.3 Å². The fraction of sp³-hybridized carbons (Fsp3) is 0.385. The molecule has 0 N–H and O–H groups in total. The van der Waals surface area contributed by atoms with Gasteiger partial charge in [0.25, 0.3) is 0 Å². The van der Waals surface area contributed by atoms with Crippen molar-refractivity contribution in [3.8, 4) is 0 Å². The molecule has 0 aliphatic rings. The summed E-state index contributed by atoms with van der Waals surface area (Å²) in [7, 11) is 0. The molecule has 0 aliphatic carbocycles. The first kappa shape index (κ1) is 18.1. The van der Waals surface area contributed by atoms with E-state index in [0.29, 0.717) is 6.92 Å². The van der Waals surface area contributed by atoms with Crippen molar-refractivity contribution < 1.29 is 40.3 Å². The molecule has 122 valence electrons. The summed E-state index contributed by atoms with van der Waals surface area (Å²) in [6.07, 6.45) is -6.15. The van der Waals surface area contributed by atoms with Gasteiger partial charge < -0.3 is 0 Å². The normalized spacial score (nSPS) is 14.5. The minimum absolute atomic E-state index is 0.340. The molecular weight excluding hydrogens is 321 g/mol. The van der Waals surface area contributed by atoms with Gasteiger partial charge in [0, 0.05) is 5.56 Å². The van der Waals surface area contributed by atoms with E-state index in [0.717, 1.165) is 12.1 Å². The highest BCUT2D eigenvalue weighted by Gasteiger charge is 2.71. The van der Waals surface area contributed by atoms with Gasteiger partial charge in [0.2, 0.25) is 0 Å². The third-order valence-corrected chi connectivity index (χ3v) is 2.96. The van der Waals surface area contributed by atoms with E-state index < -0.39 is 35.5 Å². The van der Waals surface area contributed by atoms with Crippen LogP contribution in [0.5, 0.6) is 0 Å². The molecule has 22 heavy (non-hydrogen) atoms. The number of ketones is 2. The van der Waals surface area contributed by atoms with Gasteiger partial charge in [-0.25, -0.2) is 0 Å². The van der Waals surface area contributed by atoms with Crippen molar-refractivity contribution >= 4 is 11.6 Å². The van der Waals surface area contributed by atoms with Crippen LogP contribution in [0.25, 0.3) is 0 Å². The number of carbonyl (C=O) groups is 2. The van der Waals surface area contributed by atoms with Crippen LogP contribution in [-0.2, 0) is 4.79 Å². The number of Topliss-reactive ketones (excluding diaryl/α,β-unsaturated/α-hetero) is 2. The summed E-state index contributed by atoms with van der Waals surface area (Å²) in [4.78, 5) is 22.2. The van der Waals surface area contributed by atoms with Crippen molar-refractivity contribution in [1.82, 2.24) is 0 Å². The minimum Gasteiger partial charge on any atom is -0.294 e. The molecule has 0 radical (unpaired) electrons. The average Bonchev–Trinajstić information content (AvgIpc) is 2.44. The third kappa shape index (κ3) is 3.12. The predicted octanol–water partition coefficient (Wildman–Crippen LogP) is 3.91. The maximum Gasteiger partial charge on any atom is 0.456 e. The zero-order valence-corrected chi connectivity index (χ0v) is 10.9. The number of carbonyl (C=O) groups excluding carboxylic acids is 2. The lowest BCUT2D eigenvalue weighted by molar-refractivity contribution is -0.247. The Labute approximate surface area is 119 Å². The molecule has 0 aromatic heterocycles. The third-order valence-electron chi connectivity index (χ3n) is 2.96. The fourth-order valence-corrected chi connectivity index (χ4v) is 1.62. The quantitative estimate of drug-likeness (QED) is 0.606. The first-order valence-corrected chi connectivity index (χ1v) is 5.80. The summed E-state index contributed by atoms with van der Waals surface area (Å²) in [6, 6.07) is 6.02. The maximum atomic E-state index is 13.6. The standard InChI is InChI=1S/C13H9F7O2/c1-7(9(21)8-5-3-2-4-6-8)11(14,15)12(16,17)10(22)13(18,19)20/h2-7H,1H3. The minimum atomic E-state index is -6.15. The van der Waals surface area contributed by atoms with E-state index in [2.05, 4.69) is 0 Å². The molecular formula is C13H9F7O2. The number of hydrogen-bond donors (Lipinski definition) is 0. The number of alkyl halides is 7. The Bertz CT molecular complexity index is 564. The lowest BCUT2D eigenvalue weighted by Crippen LogP contribution is -2.56. The van der Waals surface area contributed by atoms with E-state index in [9.17, 15) is 40.3 Å². The van der Waals surface area contributed by atoms with Crippen molar-refractivity contribution in [1.29, 1.82) is 0 Å². The Morgan fingerprint density at radius 3 is 1.77 bits per heavy atom. The van der Waals surface area contributed by atoms with Crippen LogP contribution in [0.2, 0.25) is 0 Å². The van der Waals surface area contributed by atoms with Gasteiger partial charge in [-0.3, -0.25) is 9.59 Å². The Morgan fingerprint density at radius 2 is 1.36 bits per heavy atom.